The van der Waals surface area contributed by atoms with Crippen molar-refractivity contribution < 1.29 is 14.6 Å². The van der Waals surface area contributed by atoms with Gasteiger partial charge in [0.25, 0.3) is 0 Å². The minimum atomic E-state index is -1.24. The maximum Gasteiger partial charge on any atom is 0.339 e. The molecule has 0 aromatic heterocycles. The molecule has 0 bridgehead atoms. The molecular weight excluding hydrogens is 120 g/mol. The van der Waals surface area contributed by atoms with Gasteiger partial charge in [0.2, 0.25) is 0 Å². The van der Waals surface area contributed by atoms with E-state index in [4.69, 9.17) is 5.11 Å². The minimum absolute atomic E-state index is 1.03. The first-order chi connectivity index (χ1) is 4.06. The van der Waals surface area contributed by atoms with E-state index in [9.17, 15) is 4.79 Å². The summed E-state index contributed by atoms with van der Waals surface area (Å²) in [6, 6.07) is 0. The van der Waals surface area contributed by atoms with Gasteiger partial charge in [0.15, 0.2) is 5.60 Å². The van der Waals surface area contributed by atoms with Gasteiger partial charge in [-0.15, -0.1) is 0 Å². The Bertz CT molecular complexity index is 130. The second-order valence-electron chi connectivity index (χ2n) is 1.82. The van der Waals surface area contributed by atoms with Crippen LogP contribution in [0.2, 0.25) is 0 Å². The van der Waals surface area contributed by atoms with Gasteiger partial charge in [0.1, 0.15) is 0 Å². The Hall–Kier alpha value is -0.830. The molecule has 0 aliphatic rings. The largest absolute Gasteiger partial charge is 0.479 e. The highest BCUT2D eigenvalue weighted by atomic mass is 16.5. The second-order valence-corrected chi connectivity index (χ2v) is 1.82. The lowest BCUT2D eigenvalue weighted by molar-refractivity contribution is -0.154. The fraction of sp³-hybridized carbons (Fsp3) is 0.500. The zero-order chi connectivity index (χ0) is 7.49. The Morgan fingerprint density at radius 2 is 2.33 bits per heavy atom. The van der Waals surface area contributed by atoms with E-state index in [1.54, 1.807) is 0 Å². The van der Waals surface area contributed by atoms with Crippen LogP contribution in [0.4, 0.5) is 0 Å². The standard InChI is InChI=1S/C6H10O3/c1-4-6(2,9-3)5(7)8/h4H,1H2,2-3H3,(H,7,8). The topological polar surface area (TPSA) is 46.5 Å². The molecule has 1 unspecified atom stereocenters. The Balaban J connectivity index is 4.27. The number of carboxylic acids is 1. The number of carbonyl (C=O) groups is 1. The van der Waals surface area contributed by atoms with Gasteiger partial charge in [0, 0.05) is 7.11 Å². The highest BCUT2D eigenvalue weighted by Gasteiger charge is 2.28. The van der Waals surface area contributed by atoms with Crippen LogP contribution in [-0.2, 0) is 9.53 Å². The molecule has 0 saturated heterocycles. The summed E-state index contributed by atoms with van der Waals surface area (Å²) in [6.45, 7) is 4.75. The lowest BCUT2D eigenvalue weighted by Gasteiger charge is -2.17. The fourth-order valence-corrected chi connectivity index (χ4v) is 0.258. The first kappa shape index (κ1) is 8.17. The maximum atomic E-state index is 10.3. The van der Waals surface area contributed by atoms with Crippen molar-refractivity contribution >= 4 is 5.97 Å². The molecule has 3 heteroatoms. The van der Waals surface area contributed by atoms with Crippen LogP contribution in [0.15, 0.2) is 12.7 Å². The quantitative estimate of drug-likeness (QED) is 0.571. The predicted octanol–water partition coefficient (Wildman–Crippen LogP) is 0.662. The third-order valence-corrected chi connectivity index (χ3v) is 1.24. The van der Waals surface area contributed by atoms with Crippen molar-refractivity contribution in [1.82, 2.24) is 0 Å². The number of carboxylic acid groups (broad SMARTS) is 1. The molecule has 52 valence electrons. The van der Waals surface area contributed by atoms with Gasteiger partial charge in [-0.3, -0.25) is 0 Å². The summed E-state index contributed by atoms with van der Waals surface area (Å²) in [6.07, 6.45) is 1.25. The van der Waals surface area contributed by atoms with E-state index in [1.807, 2.05) is 0 Å². The molecule has 0 radical (unpaired) electrons. The van der Waals surface area contributed by atoms with Crippen molar-refractivity contribution in [2.75, 3.05) is 7.11 Å². The van der Waals surface area contributed by atoms with Gasteiger partial charge in [-0.05, 0) is 13.0 Å². The molecule has 3 nitrogen and oxygen atoms in total. The fourth-order valence-electron chi connectivity index (χ4n) is 0.258. The Kier molecular flexibility index (Phi) is 2.40. The summed E-state index contributed by atoms with van der Waals surface area (Å²) < 4.78 is 4.63. The normalized spacial score (nSPS) is 16.2. The van der Waals surface area contributed by atoms with Gasteiger partial charge in [0.05, 0.1) is 0 Å². The van der Waals surface area contributed by atoms with Crippen LogP contribution in [0.25, 0.3) is 0 Å². The van der Waals surface area contributed by atoms with E-state index in [-0.39, 0.29) is 0 Å². The van der Waals surface area contributed by atoms with E-state index in [2.05, 4.69) is 11.3 Å². The molecule has 0 saturated carbocycles. The number of rotatable bonds is 3. The molecule has 0 spiro atoms. The molecular formula is C6H10O3. The smallest absolute Gasteiger partial charge is 0.339 e. The third kappa shape index (κ3) is 1.54. The molecule has 1 N–H and O–H groups in total. The number of methoxy groups -OCH3 is 1. The summed E-state index contributed by atoms with van der Waals surface area (Å²) in [5.74, 6) is -1.03. The van der Waals surface area contributed by atoms with E-state index >= 15 is 0 Å². The Labute approximate surface area is 53.9 Å². The van der Waals surface area contributed by atoms with Crippen molar-refractivity contribution in [2.24, 2.45) is 0 Å². The molecule has 1 atom stereocenters. The SMILES string of the molecule is C=CC(C)(OC)C(=O)O. The van der Waals surface area contributed by atoms with Gasteiger partial charge >= 0.3 is 5.97 Å². The van der Waals surface area contributed by atoms with Gasteiger partial charge < -0.3 is 9.84 Å². The number of ether oxygens (including phenoxy) is 1. The first-order valence-electron chi connectivity index (χ1n) is 2.49. The van der Waals surface area contributed by atoms with E-state index in [0.717, 1.165) is 0 Å². The Morgan fingerprint density at radius 1 is 1.89 bits per heavy atom. The van der Waals surface area contributed by atoms with Crippen LogP contribution in [0.3, 0.4) is 0 Å². The average Bonchev–Trinajstić information content (AvgIpc) is 1.86. The van der Waals surface area contributed by atoms with Crippen LogP contribution in [0.1, 0.15) is 6.92 Å². The van der Waals surface area contributed by atoms with Crippen molar-refractivity contribution in [2.45, 2.75) is 12.5 Å². The summed E-state index contributed by atoms with van der Waals surface area (Å²) in [4.78, 5) is 10.3. The molecule has 0 aromatic rings. The van der Waals surface area contributed by atoms with Crippen LogP contribution in [0.5, 0.6) is 0 Å². The highest BCUT2D eigenvalue weighted by Crippen LogP contribution is 2.08. The van der Waals surface area contributed by atoms with Crippen LogP contribution in [-0.4, -0.2) is 23.8 Å². The average molecular weight is 130 g/mol. The molecule has 0 fully saturated rings. The molecule has 9 heavy (non-hydrogen) atoms. The van der Waals surface area contributed by atoms with Gasteiger partial charge in [-0.1, -0.05) is 6.58 Å². The minimum Gasteiger partial charge on any atom is -0.479 e. The van der Waals surface area contributed by atoms with Crippen LogP contribution in [0, 0.1) is 0 Å². The van der Waals surface area contributed by atoms with E-state index < -0.39 is 11.6 Å². The zero-order valence-electron chi connectivity index (χ0n) is 5.55. The molecule has 0 aromatic carbocycles. The highest BCUT2D eigenvalue weighted by molar-refractivity contribution is 5.79. The van der Waals surface area contributed by atoms with Crippen molar-refractivity contribution in [3.05, 3.63) is 12.7 Å². The molecule has 0 amide bonds. The van der Waals surface area contributed by atoms with Crippen LogP contribution < -0.4 is 0 Å². The van der Waals surface area contributed by atoms with Gasteiger partial charge in [-0.2, -0.15) is 0 Å². The predicted molar refractivity (Wildman–Crippen MR) is 33.2 cm³/mol. The first-order valence-corrected chi connectivity index (χ1v) is 2.49. The van der Waals surface area contributed by atoms with Crippen molar-refractivity contribution in [3.8, 4) is 0 Å². The summed E-state index contributed by atoms with van der Waals surface area (Å²) >= 11 is 0. The lowest BCUT2D eigenvalue weighted by atomic mass is 10.1. The molecule has 0 rings (SSSR count). The van der Waals surface area contributed by atoms with Gasteiger partial charge in [-0.25, -0.2) is 4.79 Å². The monoisotopic (exact) mass is 130 g/mol. The number of hydrogen-bond donors (Lipinski definition) is 1. The zero-order valence-corrected chi connectivity index (χ0v) is 5.55. The van der Waals surface area contributed by atoms with Crippen molar-refractivity contribution in [1.29, 1.82) is 0 Å². The summed E-state index contributed by atoms with van der Waals surface area (Å²) in [5, 5.41) is 8.44. The lowest BCUT2D eigenvalue weighted by Crippen LogP contribution is -2.34. The Morgan fingerprint density at radius 3 is 2.33 bits per heavy atom. The van der Waals surface area contributed by atoms with Crippen molar-refractivity contribution in [3.63, 3.8) is 0 Å². The molecule has 0 aliphatic heterocycles. The van der Waals surface area contributed by atoms with E-state index in [1.165, 1.54) is 20.1 Å². The third-order valence-electron chi connectivity index (χ3n) is 1.24. The summed E-state index contributed by atoms with van der Waals surface area (Å²) in [7, 11) is 1.33. The van der Waals surface area contributed by atoms with E-state index in [0.29, 0.717) is 0 Å². The number of aliphatic carboxylic acids is 1. The molecule has 0 heterocycles. The second kappa shape index (κ2) is 2.64. The van der Waals surface area contributed by atoms with Crippen LogP contribution >= 0.6 is 0 Å². The number of hydrogen-bond acceptors (Lipinski definition) is 2. The maximum absolute atomic E-state index is 10.3. The molecule has 0 aliphatic carbocycles. The summed E-state index contributed by atoms with van der Waals surface area (Å²) in [5.41, 5.74) is -1.24.